The first kappa shape index (κ1) is 8.76. The number of allylic oxidation sites excluding steroid dienone is 3. The van der Waals surface area contributed by atoms with Crippen molar-refractivity contribution in [2.75, 3.05) is 6.54 Å². The monoisotopic (exact) mass is 185 g/mol. The van der Waals surface area contributed by atoms with E-state index < -0.39 is 0 Å². The van der Waals surface area contributed by atoms with Gasteiger partial charge in [0.1, 0.15) is 5.84 Å². The van der Waals surface area contributed by atoms with Crippen LogP contribution in [0.4, 0.5) is 0 Å². The van der Waals surface area contributed by atoms with Crippen LogP contribution in [0.3, 0.4) is 0 Å². The number of amidine groups is 1. The predicted molar refractivity (Wildman–Crippen MR) is 55.4 cm³/mol. The Bertz CT molecular complexity index is 380. The minimum Gasteiger partial charge on any atom is -0.329 e. The van der Waals surface area contributed by atoms with Crippen LogP contribution in [-0.4, -0.2) is 17.3 Å². The number of hydrogen-bond acceptors (Lipinski definition) is 3. The molecule has 0 saturated carbocycles. The van der Waals surface area contributed by atoms with E-state index in [9.17, 15) is 0 Å². The summed E-state index contributed by atoms with van der Waals surface area (Å²) in [7, 11) is 0. The maximum atomic E-state index is 8.47. The molecule has 2 heterocycles. The van der Waals surface area contributed by atoms with Crippen LogP contribution in [0.15, 0.2) is 41.2 Å². The molecule has 0 fully saturated rings. The smallest absolute Gasteiger partial charge is 0.133 e. The second-order valence-corrected chi connectivity index (χ2v) is 3.18. The first-order valence-electron chi connectivity index (χ1n) is 4.66. The van der Waals surface area contributed by atoms with Crippen LogP contribution in [0, 0.1) is 11.3 Å². The van der Waals surface area contributed by atoms with Gasteiger partial charge in [-0.05, 0) is 18.2 Å². The maximum absolute atomic E-state index is 8.47. The quantitative estimate of drug-likeness (QED) is 0.659. The number of hydrogen-bond donors (Lipinski definition) is 0. The molecule has 0 N–H and O–H groups in total. The molecule has 2 aliphatic rings. The van der Waals surface area contributed by atoms with Gasteiger partial charge < -0.3 is 4.90 Å². The van der Waals surface area contributed by atoms with Crippen molar-refractivity contribution < 1.29 is 0 Å². The number of rotatable bonds is 2. The summed E-state index contributed by atoms with van der Waals surface area (Å²) >= 11 is 0. The van der Waals surface area contributed by atoms with Crippen molar-refractivity contribution in [3.8, 4) is 6.07 Å². The van der Waals surface area contributed by atoms with Crippen LogP contribution in [0.1, 0.15) is 12.8 Å². The Kier molecular flexibility index (Phi) is 2.46. The number of aliphatic imine (C=N–C) groups is 1. The van der Waals surface area contributed by atoms with Gasteiger partial charge in [-0.25, -0.2) is 4.99 Å². The zero-order chi connectivity index (χ0) is 9.80. The van der Waals surface area contributed by atoms with Gasteiger partial charge in [-0.2, -0.15) is 5.26 Å². The summed E-state index contributed by atoms with van der Waals surface area (Å²) in [5.74, 6) is 0.975. The minimum absolute atomic E-state index is 0.544. The first-order chi connectivity index (χ1) is 6.90. The van der Waals surface area contributed by atoms with Crippen LogP contribution in [0.2, 0.25) is 0 Å². The molecule has 0 aromatic carbocycles. The molecule has 70 valence electrons. The third kappa shape index (κ3) is 1.74. The van der Waals surface area contributed by atoms with E-state index in [1.165, 1.54) is 0 Å². The molecule has 0 bridgehead atoms. The van der Waals surface area contributed by atoms with E-state index in [2.05, 4.69) is 22.0 Å². The average molecular weight is 185 g/mol. The fourth-order valence-electron chi connectivity index (χ4n) is 1.46. The van der Waals surface area contributed by atoms with Gasteiger partial charge in [-0.3, -0.25) is 0 Å². The Labute approximate surface area is 83.4 Å². The molecule has 3 nitrogen and oxygen atoms in total. The second-order valence-electron chi connectivity index (χ2n) is 3.18. The molecule has 0 saturated heterocycles. The van der Waals surface area contributed by atoms with Crippen molar-refractivity contribution in [2.45, 2.75) is 12.8 Å². The number of fused-ring (bicyclic) bond motifs is 1. The maximum Gasteiger partial charge on any atom is 0.133 e. The molecule has 0 unspecified atom stereocenters. The van der Waals surface area contributed by atoms with Crippen LogP contribution >= 0.6 is 0 Å². The molecule has 0 aliphatic carbocycles. The van der Waals surface area contributed by atoms with Gasteiger partial charge in [-0.15, -0.1) is 0 Å². The Morgan fingerprint density at radius 3 is 3.29 bits per heavy atom. The van der Waals surface area contributed by atoms with Gasteiger partial charge in [0, 0.05) is 31.3 Å². The fraction of sp³-hybridized carbons (Fsp3) is 0.273. The van der Waals surface area contributed by atoms with Crippen molar-refractivity contribution in [1.29, 1.82) is 5.26 Å². The molecule has 14 heavy (non-hydrogen) atoms. The summed E-state index contributed by atoms with van der Waals surface area (Å²) in [6, 6.07) is 2.13. The van der Waals surface area contributed by atoms with Crippen molar-refractivity contribution >= 4 is 5.84 Å². The summed E-state index contributed by atoms with van der Waals surface area (Å²) in [5.41, 5.74) is 1.03. The molecular weight excluding hydrogens is 174 g/mol. The summed E-state index contributed by atoms with van der Waals surface area (Å²) in [6.07, 6.45) is 11.3. The van der Waals surface area contributed by atoms with Gasteiger partial charge in [0.05, 0.1) is 6.07 Å². The van der Waals surface area contributed by atoms with Gasteiger partial charge in [0.15, 0.2) is 0 Å². The van der Waals surface area contributed by atoms with E-state index in [1.807, 2.05) is 24.4 Å². The molecule has 0 radical (unpaired) electrons. The number of nitriles is 1. The lowest BCUT2D eigenvalue weighted by atomic mass is 10.2. The molecule has 0 spiro atoms. The van der Waals surface area contributed by atoms with Crippen molar-refractivity contribution in [1.82, 2.24) is 4.90 Å². The zero-order valence-electron chi connectivity index (χ0n) is 7.85. The third-order valence-corrected chi connectivity index (χ3v) is 2.19. The Balaban J connectivity index is 2.09. The van der Waals surface area contributed by atoms with E-state index in [-0.39, 0.29) is 0 Å². The van der Waals surface area contributed by atoms with E-state index in [4.69, 9.17) is 5.26 Å². The summed E-state index contributed by atoms with van der Waals surface area (Å²) in [4.78, 5) is 6.54. The molecule has 0 amide bonds. The van der Waals surface area contributed by atoms with Crippen molar-refractivity contribution in [3.05, 3.63) is 36.2 Å². The third-order valence-electron chi connectivity index (χ3n) is 2.19. The molecule has 0 aromatic rings. The summed E-state index contributed by atoms with van der Waals surface area (Å²) in [5, 5.41) is 8.47. The summed E-state index contributed by atoms with van der Waals surface area (Å²) in [6.45, 7) is 0.862. The lowest BCUT2D eigenvalue weighted by molar-refractivity contribution is 0.604. The topological polar surface area (TPSA) is 39.4 Å². The largest absolute Gasteiger partial charge is 0.329 e. The van der Waals surface area contributed by atoms with E-state index >= 15 is 0 Å². The highest BCUT2D eigenvalue weighted by molar-refractivity contribution is 5.96. The van der Waals surface area contributed by atoms with Crippen LogP contribution < -0.4 is 0 Å². The normalized spacial score (nSPS) is 18.4. The predicted octanol–water partition coefficient (Wildman–Crippen LogP) is 1.97. The highest BCUT2D eigenvalue weighted by Gasteiger charge is 2.12. The molecule has 2 aliphatic heterocycles. The van der Waals surface area contributed by atoms with E-state index in [0.29, 0.717) is 6.42 Å². The highest BCUT2D eigenvalue weighted by Crippen LogP contribution is 2.15. The Hall–Kier alpha value is -1.82. The van der Waals surface area contributed by atoms with Crippen LogP contribution in [-0.2, 0) is 0 Å². The van der Waals surface area contributed by atoms with Gasteiger partial charge in [0.25, 0.3) is 0 Å². The first-order valence-corrected chi connectivity index (χ1v) is 4.66. The van der Waals surface area contributed by atoms with Gasteiger partial charge >= 0.3 is 0 Å². The number of nitrogens with zero attached hydrogens (tertiary/aromatic N) is 3. The minimum atomic E-state index is 0.544. The van der Waals surface area contributed by atoms with Gasteiger partial charge in [0.2, 0.25) is 0 Å². The van der Waals surface area contributed by atoms with Crippen molar-refractivity contribution in [2.24, 2.45) is 4.99 Å². The Morgan fingerprint density at radius 2 is 2.43 bits per heavy atom. The van der Waals surface area contributed by atoms with Gasteiger partial charge in [-0.1, -0.05) is 6.08 Å². The lowest BCUT2D eigenvalue weighted by Crippen LogP contribution is -2.28. The molecule has 3 heteroatoms. The van der Waals surface area contributed by atoms with Crippen LogP contribution in [0.25, 0.3) is 0 Å². The Morgan fingerprint density at radius 1 is 1.50 bits per heavy atom. The van der Waals surface area contributed by atoms with E-state index in [1.54, 1.807) is 0 Å². The molecule has 0 atom stereocenters. The van der Waals surface area contributed by atoms with Crippen molar-refractivity contribution in [3.63, 3.8) is 0 Å². The molecule has 2 rings (SSSR count). The van der Waals surface area contributed by atoms with Crippen LogP contribution in [0.5, 0.6) is 0 Å². The fourth-order valence-corrected chi connectivity index (χ4v) is 1.46. The van der Waals surface area contributed by atoms with E-state index in [0.717, 1.165) is 24.5 Å². The standard InChI is InChI=1S/C11H11N3/c12-7-3-4-10-6-9-14-8-2-1-5-11(14)13-10/h1-2,5-6,8H,3-4,9H2. The zero-order valence-corrected chi connectivity index (χ0v) is 7.85. The SMILES string of the molecule is N#CCCC1=CCN2C=CC=CC2=N1. The molecular formula is C11H11N3. The lowest BCUT2D eigenvalue weighted by Gasteiger charge is -2.24. The second kappa shape index (κ2) is 3.93. The highest BCUT2D eigenvalue weighted by atomic mass is 15.2. The summed E-state index contributed by atoms with van der Waals surface area (Å²) < 4.78 is 0. The molecule has 0 aromatic heterocycles. The average Bonchev–Trinajstić information content (AvgIpc) is 2.26.